The predicted molar refractivity (Wildman–Crippen MR) is 56.4 cm³/mol. The molecule has 3 unspecified atom stereocenters. The predicted octanol–water partition coefficient (Wildman–Crippen LogP) is 1.54. The molecule has 50 valence electrons. The van der Waals surface area contributed by atoms with E-state index in [9.17, 15) is 0 Å². The minimum atomic E-state index is -0.0442. The van der Waals surface area contributed by atoms with Gasteiger partial charge in [-0.3, -0.25) is 0 Å². The fourth-order valence-electron chi connectivity index (χ4n) is 0.625. The summed E-state index contributed by atoms with van der Waals surface area (Å²) < 4.78 is 1.72. The summed E-state index contributed by atoms with van der Waals surface area (Å²) in [5, 5.41) is 0. The van der Waals surface area contributed by atoms with E-state index in [1.807, 2.05) is 0 Å². The third-order valence-corrected chi connectivity index (χ3v) is 194. The SMILES string of the molecule is [Se]=[P@]12[Se]p3[se]p(p1[se]3)[Se]2. The van der Waals surface area contributed by atoms with Crippen LogP contribution < -0.4 is 0 Å². The van der Waals surface area contributed by atoms with Gasteiger partial charge in [0, 0.05) is 0 Å². The van der Waals surface area contributed by atoms with Gasteiger partial charge in [0.1, 0.15) is 0 Å². The Bertz CT molecular complexity index is 335. The number of rotatable bonds is 0. The molecule has 0 nitrogen and oxygen atoms in total. The number of hydrogen-bond donors (Lipinski definition) is 0. The molecule has 1 aromatic rings. The van der Waals surface area contributed by atoms with Gasteiger partial charge in [-0.2, -0.15) is 0 Å². The van der Waals surface area contributed by atoms with Crippen LogP contribution in [-0.2, 0) is 0 Å². The second-order valence-corrected chi connectivity index (χ2v) is 86.7. The summed E-state index contributed by atoms with van der Waals surface area (Å²) in [6, 6.07) is 0. The third-order valence-electron chi connectivity index (χ3n) is 0.968. The van der Waals surface area contributed by atoms with E-state index in [4.69, 9.17) is 0 Å². The molecule has 9 heteroatoms. The monoisotopic (exact) mass is 523 g/mol. The van der Waals surface area contributed by atoms with E-state index < -0.39 is 0 Å². The summed E-state index contributed by atoms with van der Waals surface area (Å²) in [6.07, 6.45) is 0. The van der Waals surface area contributed by atoms with E-state index in [2.05, 4.69) is 15.1 Å². The van der Waals surface area contributed by atoms with Gasteiger partial charge >= 0.3 is 86.7 Å². The fraction of sp³-hybridized carbons (Fsp3) is 0. The van der Waals surface area contributed by atoms with E-state index in [0.29, 0.717) is 0 Å². The maximum atomic E-state index is 3.67. The van der Waals surface area contributed by atoms with Crippen molar-refractivity contribution >= 4 is 86.7 Å². The van der Waals surface area contributed by atoms with Crippen molar-refractivity contribution in [2.75, 3.05) is 0 Å². The molecule has 0 aliphatic carbocycles. The van der Waals surface area contributed by atoms with Gasteiger partial charge in [-0.25, -0.2) is 0 Å². The third kappa shape index (κ3) is 1.15. The van der Waals surface area contributed by atoms with Crippen molar-refractivity contribution in [2.45, 2.75) is 0 Å². The van der Waals surface area contributed by atoms with Gasteiger partial charge in [0.15, 0.2) is 0 Å². The van der Waals surface area contributed by atoms with E-state index in [0.717, 1.165) is 13.7 Å². The van der Waals surface area contributed by atoms with Crippen LogP contribution in [0.15, 0.2) is 0 Å². The molecule has 0 aromatic carbocycles. The average Bonchev–Trinajstić information content (AvgIpc) is 2.20. The Morgan fingerprint density at radius 3 is 2.44 bits per heavy atom. The van der Waals surface area contributed by atoms with E-state index in [-0.39, 0.29) is 2.58 Å². The molecule has 0 fully saturated rings. The Kier molecular flexibility index (Phi) is 2.48. The molecular weight excluding hydrogens is 519 g/mol. The topological polar surface area (TPSA) is 0 Å². The molecule has 0 radical (unpaired) electrons. The first kappa shape index (κ1) is 8.25. The van der Waals surface area contributed by atoms with Gasteiger partial charge in [0.25, 0.3) is 0 Å². The summed E-state index contributed by atoms with van der Waals surface area (Å²) in [5.74, 6) is 0. The minimum absolute atomic E-state index is 0.0442. The van der Waals surface area contributed by atoms with Crippen molar-refractivity contribution in [3.05, 3.63) is 0 Å². The fourth-order valence-corrected chi connectivity index (χ4v) is 482. The molecule has 3 heterocycles. The molecule has 0 N–H and O–H groups in total. The zero-order valence-corrected chi connectivity index (χ0v) is 16.0. The molecule has 0 spiro atoms. The molecule has 2 aliphatic heterocycles. The van der Waals surface area contributed by atoms with Crippen molar-refractivity contribution < 1.29 is 0 Å². The quantitative estimate of drug-likeness (QED) is 0.361. The Morgan fingerprint density at radius 1 is 1.22 bits per heavy atom. The van der Waals surface area contributed by atoms with Gasteiger partial charge in [-0.05, 0) is 0 Å². The van der Waals surface area contributed by atoms with Crippen LogP contribution in [0.3, 0.4) is 0 Å². The van der Waals surface area contributed by atoms with Crippen LogP contribution in [0.2, 0.25) is 0 Å². The van der Waals surface area contributed by atoms with Crippen LogP contribution in [0, 0.1) is 0 Å². The van der Waals surface area contributed by atoms with Crippen molar-refractivity contribution in [3.63, 3.8) is 0 Å². The van der Waals surface area contributed by atoms with Crippen LogP contribution in [0.5, 0.6) is 0 Å². The summed E-state index contributed by atoms with van der Waals surface area (Å²) in [4.78, 5) is 0. The molecular formula is P4Se5. The van der Waals surface area contributed by atoms with Gasteiger partial charge in [-0.15, -0.1) is 0 Å². The Morgan fingerprint density at radius 2 is 2.11 bits per heavy atom. The molecule has 3 rings (SSSR count). The summed E-state index contributed by atoms with van der Waals surface area (Å²) >= 11 is 8.92. The second-order valence-electron chi connectivity index (χ2n) is 1.51. The summed E-state index contributed by atoms with van der Waals surface area (Å²) in [7, 11) is 0. The van der Waals surface area contributed by atoms with Gasteiger partial charge in [0.05, 0.1) is 0 Å². The van der Waals surface area contributed by atoms with Gasteiger partial charge in [0.2, 0.25) is 0 Å². The average molecular weight is 519 g/mol. The molecule has 0 saturated heterocycles. The Balaban J connectivity index is 2.57. The molecule has 4 atom stereocenters. The van der Waals surface area contributed by atoms with Crippen LogP contribution in [-0.4, -0.2) is 70.4 Å². The number of fused-ring (bicyclic) bond motifs is 1. The Hall–Kier alpha value is 3.93. The molecule has 2 aliphatic rings. The van der Waals surface area contributed by atoms with Crippen LogP contribution in [0.4, 0.5) is 0 Å². The van der Waals surface area contributed by atoms with Crippen molar-refractivity contribution in [1.29, 1.82) is 0 Å². The first-order valence-electron chi connectivity index (χ1n) is 2.04. The van der Waals surface area contributed by atoms with Gasteiger partial charge in [-0.1, -0.05) is 0 Å². The Labute approximate surface area is 85.1 Å². The first-order chi connectivity index (χ1) is 4.28. The van der Waals surface area contributed by atoms with E-state index >= 15 is 0 Å². The molecule has 2 bridgehead atoms. The van der Waals surface area contributed by atoms with Gasteiger partial charge < -0.3 is 0 Å². The van der Waals surface area contributed by atoms with E-state index in [1.54, 1.807) is 0 Å². The van der Waals surface area contributed by atoms with Crippen LogP contribution in [0.25, 0.3) is 0 Å². The zero-order chi connectivity index (χ0) is 6.06. The number of hydrogen-bond acceptors (Lipinski definition) is 0. The molecule has 0 saturated carbocycles. The molecule has 0 amide bonds. The van der Waals surface area contributed by atoms with Crippen molar-refractivity contribution in [1.82, 2.24) is 0 Å². The van der Waals surface area contributed by atoms with E-state index in [1.165, 1.54) is 55.3 Å². The maximum absolute atomic E-state index is 3.67. The van der Waals surface area contributed by atoms with Crippen molar-refractivity contribution in [2.24, 2.45) is 0 Å². The van der Waals surface area contributed by atoms with Crippen molar-refractivity contribution in [3.8, 4) is 0 Å². The molecule has 9 heavy (non-hydrogen) atoms. The summed E-state index contributed by atoms with van der Waals surface area (Å²) in [6.45, 7) is 0. The van der Waals surface area contributed by atoms with Crippen LogP contribution >= 0.6 is 16.2 Å². The zero-order valence-electron chi connectivity index (χ0n) is 3.83. The molecule has 1 aromatic heterocycles. The summed E-state index contributed by atoms with van der Waals surface area (Å²) in [5.41, 5.74) is 0.880. The second kappa shape index (κ2) is 2.71. The standard InChI is InChI=1S/P4Se5/c5-4-1-2(8-4)7-3(6-1)9-4/t1?,2?,3?,4-/m1/s1. The first-order valence-corrected chi connectivity index (χ1v) is 29.2. The van der Waals surface area contributed by atoms with Crippen LogP contribution in [0.1, 0.15) is 0 Å². The normalized spacial score (nSPS) is 40.7.